The predicted octanol–water partition coefficient (Wildman–Crippen LogP) is 2.22. The first-order valence-electron chi connectivity index (χ1n) is 8.00. The molecule has 0 radical (unpaired) electrons. The lowest BCUT2D eigenvalue weighted by Crippen LogP contribution is -2.23. The molecule has 1 saturated heterocycles. The molecule has 2 aliphatic rings. The maximum Gasteiger partial charge on any atom is 0.414 e. The van der Waals surface area contributed by atoms with Crippen molar-refractivity contribution in [2.24, 2.45) is 0 Å². The summed E-state index contributed by atoms with van der Waals surface area (Å²) in [6.45, 7) is 1.55. The number of ether oxygens (including phenoxy) is 3. The number of carbonyl (C=O) groups excluding carboxylic acids is 1. The second-order valence-corrected chi connectivity index (χ2v) is 7.41. The van der Waals surface area contributed by atoms with Gasteiger partial charge in [-0.1, -0.05) is 6.07 Å². The number of nitrogens with one attached hydrogen (secondary N) is 1. The van der Waals surface area contributed by atoms with E-state index in [2.05, 4.69) is 4.72 Å². The van der Waals surface area contributed by atoms with Gasteiger partial charge in [0.25, 0.3) is 10.0 Å². The maximum atomic E-state index is 12.7. The second-order valence-electron chi connectivity index (χ2n) is 5.73. The minimum absolute atomic E-state index is 0.0627. The summed E-state index contributed by atoms with van der Waals surface area (Å²) in [4.78, 5) is 13.2. The van der Waals surface area contributed by atoms with Gasteiger partial charge in [-0.2, -0.15) is 0 Å². The molecule has 2 aliphatic heterocycles. The molecule has 4 rings (SSSR count). The van der Waals surface area contributed by atoms with E-state index < -0.39 is 16.1 Å². The standard InChI is InChI=1S/C17H16N2O6S/c20-17-19(6-7-25-17)13-3-1-2-12(10-13)18-26(21,22)14-4-5-15-16(11-14)24-9-8-23-15/h1-5,10-11,18H,6-9H2. The van der Waals surface area contributed by atoms with Gasteiger partial charge in [0.15, 0.2) is 11.5 Å². The molecule has 0 aliphatic carbocycles. The number of hydrogen-bond donors (Lipinski definition) is 1. The molecule has 0 bridgehead atoms. The van der Waals surface area contributed by atoms with Gasteiger partial charge in [-0.3, -0.25) is 9.62 Å². The molecule has 1 fully saturated rings. The first kappa shape index (κ1) is 16.5. The van der Waals surface area contributed by atoms with Crippen LogP contribution in [0.2, 0.25) is 0 Å². The van der Waals surface area contributed by atoms with E-state index >= 15 is 0 Å². The Morgan fingerprint density at radius 2 is 1.73 bits per heavy atom. The molecule has 1 amide bonds. The highest BCUT2D eigenvalue weighted by atomic mass is 32.2. The Hall–Kier alpha value is -2.94. The molecule has 0 unspecified atom stereocenters. The summed E-state index contributed by atoms with van der Waals surface area (Å²) in [5.74, 6) is 0.914. The summed E-state index contributed by atoms with van der Waals surface area (Å²) in [5, 5.41) is 0. The lowest BCUT2D eigenvalue weighted by Gasteiger charge is -2.19. The predicted molar refractivity (Wildman–Crippen MR) is 93.4 cm³/mol. The quantitative estimate of drug-likeness (QED) is 0.879. The summed E-state index contributed by atoms with van der Waals surface area (Å²) in [7, 11) is -3.82. The van der Waals surface area contributed by atoms with Crippen LogP contribution in [0.3, 0.4) is 0 Å². The van der Waals surface area contributed by atoms with Crippen LogP contribution < -0.4 is 19.1 Å². The van der Waals surface area contributed by atoms with Gasteiger partial charge in [0.1, 0.15) is 19.8 Å². The van der Waals surface area contributed by atoms with Crippen LogP contribution in [0, 0.1) is 0 Å². The van der Waals surface area contributed by atoms with Crippen LogP contribution in [0.1, 0.15) is 0 Å². The van der Waals surface area contributed by atoms with Crippen molar-refractivity contribution in [2.75, 3.05) is 36.0 Å². The Morgan fingerprint density at radius 1 is 0.923 bits per heavy atom. The van der Waals surface area contributed by atoms with Crippen molar-refractivity contribution < 1.29 is 27.4 Å². The van der Waals surface area contributed by atoms with Gasteiger partial charge < -0.3 is 14.2 Å². The largest absolute Gasteiger partial charge is 0.486 e. The second kappa shape index (κ2) is 6.41. The molecule has 0 saturated carbocycles. The zero-order valence-corrected chi connectivity index (χ0v) is 14.5. The van der Waals surface area contributed by atoms with Gasteiger partial charge >= 0.3 is 6.09 Å². The molecule has 8 nitrogen and oxygen atoms in total. The minimum atomic E-state index is -3.82. The third-order valence-corrected chi connectivity index (χ3v) is 5.37. The van der Waals surface area contributed by atoms with E-state index in [1.54, 1.807) is 30.3 Å². The zero-order valence-electron chi connectivity index (χ0n) is 13.7. The van der Waals surface area contributed by atoms with Crippen molar-refractivity contribution in [3.63, 3.8) is 0 Å². The molecule has 0 aromatic heterocycles. The van der Waals surface area contributed by atoms with Crippen molar-refractivity contribution in [3.8, 4) is 11.5 Å². The fourth-order valence-corrected chi connectivity index (χ4v) is 3.83. The van der Waals surface area contributed by atoms with Crippen LogP contribution in [0.4, 0.5) is 16.2 Å². The fraction of sp³-hybridized carbons (Fsp3) is 0.235. The minimum Gasteiger partial charge on any atom is -0.486 e. The van der Waals surface area contributed by atoms with E-state index in [0.29, 0.717) is 49.2 Å². The molecule has 26 heavy (non-hydrogen) atoms. The average Bonchev–Trinajstić information content (AvgIpc) is 3.07. The van der Waals surface area contributed by atoms with Gasteiger partial charge in [-0.05, 0) is 30.3 Å². The highest BCUT2D eigenvalue weighted by Gasteiger charge is 2.24. The Kier molecular flexibility index (Phi) is 4.08. The average molecular weight is 376 g/mol. The monoisotopic (exact) mass is 376 g/mol. The maximum absolute atomic E-state index is 12.7. The molecule has 2 heterocycles. The number of rotatable bonds is 4. The van der Waals surface area contributed by atoms with E-state index in [-0.39, 0.29) is 4.90 Å². The van der Waals surface area contributed by atoms with Gasteiger partial charge in [-0.25, -0.2) is 13.2 Å². The van der Waals surface area contributed by atoms with Gasteiger partial charge in [0, 0.05) is 11.8 Å². The Bertz CT molecular complexity index is 959. The van der Waals surface area contributed by atoms with Gasteiger partial charge in [-0.15, -0.1) is 0 Å². The first-order chi connectivity index (χ1) is 12.5. The summed E-state index contributed by atoms with van der Waals surface area (Å²) >= 11 is 0. The van der Waals surface area contributed by atoms with Crippen LogP contribution in [-0.4, -0.2) is 40.9 Å². The molecule has 9 heteroatoms. The summed E-state index contributed by atoms with van der Waals surface area (Å²) in [5.41, 5.74) is 0.909. The number of carbonyl (C=O) groups is 1. The summed E-state index contributed by atoms with van der Waals surface area (Å²) in [6, 6.07) is 11.0. The number of nitrogens with zero attached hydrogens (tertiary/aromatic N) is 1. The van der Waals surface area contributed by atoms with Crippen LogP contribution in [0.5, 0.6) is 11.5 Å². The van der Waals surface area contributed by atoms with E-state index in [1.807, 2.05) is 0 Å². The van der Waals surface area contributed by atoms with Gasteiger partial charge in [0.05, 0.1) is 17.1 Å². The van der Waals surface area contributed by atoms with E-state index in [0.717, 1.165) is 0 Å². The van der Waals surface area contributed by atoms with Crippen molar-refractivity contribution in [1.29, 1.82) is 0 Å². The Balaban J connectivity index is 1.59. The topological polar surface area (TPSA) is 94.2 Å². The highest BCUT2D eigenvalue weighted by molar-refractivity contribution is 7.92. The molecule has 0 spiro atoms. The molecule has 136 valence electrons. The number of fused-ring (bicyclic) bond motifs is 1. The van der Waals surface area contributed by atoms with E-state index in [1.165, 1.54) is 17.0 Å². The van der Waals surface area contributed by atoms with Crippen molar-refractivity contribution in [3.05, 3.63) is 42.5 Å². The molecule has 2 aromatic carbocycles. The van der Waals surface area contributed by atoms with E-state index in [9.17, 15) is 13.2 Å². The number of hydrogen-bond acceptors (Lipinski definition) is 6. The van der Waals surface area contributed by atoms with Crippen LogP contribution in [-0.2, 0) is 14.8 Å². The number of anilines is 2. The lowest BCUT2D eigenvalue weighted by atomic mass is 10.2. The number of benzene rings is 2. The Labute approximate surface area is 150 Å². The van der Waals surface area contributed by atoms with Crippen molar-refractivity contribution >= 4 is 27.5 Å². The smallest absolute Gasteiger partial charge is 0.414 e. The number of cyclic esters (lactones) is 1. The van der Waals surface area contributed by atoms with Crippen LogP contribution in [0.15, 0.2) is 47.4 Å². The molecular weight excluding hydrogens is 360 g/mol. The first-order valence-corrected chi connectivity index (χ1v) is 9.48. The molecule has 2 aromatic rings. The van der Waals surface area contributed by atoms with Crippen LogP contribution in [0.25, 0.3) is 0 Å². The third kappa shape index (κ3) is 3.13. The lowest BCUT2D eigenvalue weighted by molar-refractivity contribution is 0.171. The molecular formula is C17H16N2O6S. The van der Waals surface area contributed by atoms with Gasteiger partial charge in [0.2, 0.25) is 0 Å². The number of amides is 1. The SMILES string of the molecule is O=C1OCCN1c1cccc(NS(=O)(=O)c2ccc3c(c2)OCCO3)c1. The molecule has 0 atom stereocenters. The molecule has 1 N–H and O–H groups in total. The normalized spacial score (nSPS) is 16.3. The van der Waals surface area contributed by atoms with Crippen molar-refractivity contribution in [1.82, 2.24) is 0 Å². The summed E-state index contributed by atoms with van der Waals surface area (Å²) < 4.78 is 43.6. The van der Waals surface area contributed by atoms with Crippen molar-refractivity contribution in [2.45, 2.75) is 4.90 Å². The third-order valence-electron chi connectivity index (χ3n) is 3.99. The highest BCUT2D eigenvalue weighted by Crippen LogP contribution is 2.33. The Morgan fingerprint density at radius 3 is 2.50 bits per heavy atom. The fourth-order valence-electron chi connectivity index (χ4n) is 2.77. The van der Waals surface area contributed by atoms with Crippen LogP contribution >= 0.6 is 0 Å². The number of sulfonamides is 1. The van der Waals surface area contributed by atoms with E-state index in [4.69, 9.17) is 14.2 Å². The zero-order chi connectivity index (χ0) is 18.1. The summed E-state index contributed by atoms with van der Waals surface area (Å²) in [6.07, 6.45) is -0.447.